The molecule has 5 heteroatoms. The summed E-state index contributed by atoms with van der Waals surface area (Å²) >= 11 is 0. The van der Waals surface area contributed by atoms with Crippen LogP contribution in [0.2, 0.25) is 0 Å². The molecule has 1 rings (SSSR count). The molecular formula is C16H26N2O3. The highest BCUT2D eigenvalue weighted by Gasteiger charge is 2.22. The molecule has 118 valence electrons. The standard InChI is InChI=1S/C16H26N2O3/c1-4-16(17,5-2)12-18-15(19)13-8-6-7-9-14(13)21-11-10-20-3/h6-9H,4-5,10-12,17H2,1-3H3,(H,18,19). The van der Waals surface area contributed by atoms with Crippen LogP contribution in [0.1, 0.15) is 37.0 Å². The Hall–Kier alpha value is -1.59. The molecule has 1 amide bonds. The van der Waals surface area contributed by atoms with E-state index in [0.29, 0.717) is 31.1 Å². The summed E-state index contributed by atoms with van der Waals surface area (Å²) in [6.45, 7) is 5.39. The summed E-state index contributed by atoms with van der Waals surface area (Å²) in [5, 5.41) is 2.90. The van der Waals surface area contributed by atoms with Gasteiger partial charge in [0.1, 0.15) is 12.4 Å². The van der Waals surface area contributed by atoms with Gasteiger partial charge in [0.05, 0.1) is 12.2 Å². The lowest BCUT2D eigenvalue weighted by atomic mass is 9.94. The Morgan fingerprint density at radius 3 is 2.52 bits per heavy atom. The Labute approximate surface area is 126 Å². The van der Waals surface area contributed by atoms with Crippen LogP contribution in [0, 0.1) is 0 Å². The molecule has 3 N–H and O–H groups in total. The van der Waals surface area contributed by atoms with Gasteiger partial charge in [-0.1, -0.05) is 26.0 Å². The molecule has 0 bridgehead atoms. The maximum atomic E-state index is 12.3. The number of benzene rings is 1. The molecule has 0 atom stereocenters. The number of amides is 1. The van der Waals surface area contributed by atoms with Crippen molar-refractivity contribution in [3.63, 3.8) is 0 Å². The van der Waals surface area contributed by atoms with Crippen molar-refractivity contribution in [1.29, 1.82) is 0 Å². The highest BCUT2D eigenvalue weighted by Crippen LogP contribution is 2.18. The SMILES string of the molecule is CCC(N)(CC)CNC(=O)c1ccccc1OCCOC. The molecule has 0 aliphatic rings. The third kappa shape index (κ3) is 5.36. The average Bonchev–Trinajstić information content (AvgIpc) is 2.53. The van der Waals surface area contributed by atoms with Gasteiger partial charge in [-0.05, 0) is 25.0 Å². The summed E-state index contributed by atoms with van der Waals surface area (Å²) in [5.74, 6) is 0.391. The molecule has 0 aliphatic heterocycles. The van der Waals surface area contributed by atoms with Crippen LogP contribution in [-0.2, 0) is 4.74 Å². The molecule has 0 spiro atoms. The van der Waals surface area contributed by atoms with Gasteiger partial charge < -0.3 is 20.5 Å². The lowest BCUT2D eigenvalue weighted by molar-refractivity contribution is 0.0934. The van der Waals surface area contributed by atoms with Gasteiger partial charge >= 0.3 is 0 Å². The largest absolute Gasteiger partial charge is 0.490 e. The number of nitrogens with one attached hydrogen (secondary N) is 1. The van der Waals surface area contributed by atoms with E-state index >= 15 is 0 Å². The Morgan fingerprint density at radius 2 is 1.90 bits per heavy atom. The third-order valence-corrected chi connectivity index (χ3v) is 3.69. The summed E-state index contributed by atoms with van der Waals surface area (Å²) in [6.07, 6.45) is 1.63. The molecule has 0 heterocycles. The van der Waals surface area contributed by atoms with Crippen LogP contribution in [0.4, 0.5) is 0 Å². The summed E-state index contributed by atoms with van der Waals surface area (Å²) in [6, 6.07) is 7.17. The zero-order chi connectivity index (χ0) is 15.7. The van der Waals surface area contributed by atoms with E-state index < -0.39 is 0 Å². The van der Waals surface area contributed by atoms with Gasteiger partial charge in [-0.3, -0.25) is 4.79 Å². The highest BCUT2D eigenvalue weighted by molar-refractivity contribution is 5.96. The molecule has 0 aromatic heterocycles. The topological polar surface area (TPSA) is 73.6 Å². The Kier molecular flexibility index (Phi) is 7.19. The van der Waals surface area contributed by atoms with Crippen LogP contribution < -0.4 is 15.8 Å². The average molecular weight is 294 g/mol. The maximum absolute atomic E-state index is 12.3. The fourth-order valence-electron chi connectivity index (χ4n) is 1.87. The zero-order valence-corrected chi connectivity index (χ0v) is 13.1. The minimum atomic E-state index is -0.360. The number of ether oxygens (including phenoxy) is 2. The summed E-state index contributed by atoms with van der Waals surface area (Å²) in [4.78, 5) is 12.3. The van der Waals surface area contributed by atoms with Gasteiger partial charge in [-0.25, -0.2) is 0 Å². The van der Waals surface area contributed by atoms with Gasteiger partial charge in [0.2, 0.25) is 0 Å². The number of hydrogen-bond donors (Lipinski definition) is 2. The van der Waals surface area contributed by atoms with Gasteiger partial charge in [-0.2, -0.15) is 0 Å². The molecular weight excluding hydrogens is 268 g/mol. The first-order chi connectivity index (χ1) is 10.1. The minimum absolute atomic E-state index is 0.167. The van der Waals surface area contributed by atoms with Crippen LogP contribution in [0.3, 0.4) is 0 Å². The summed E-state index contributed by atoms with van der Waals surface area (Å²) < 4.78 is 10.5. The quantitative estimate of drug-likeness (QED) is 0.683. The minimum Gasteiger partial charge on any atom is -0.490 e. The Bertz CT molecular complexity index is 445. The number of para-hydroxylation sites is 1. The number of hydrogen-bond acceptors (Lipinski definition) is 4. The van der Waals surface area contributed by atoms with E-state index in [4.69, 9.17) is 15.2 Å². The van der Waals surface area contributed by atoms with E-state index in [1.54, 1.807) is 19.2 Å². The van der Waals surface area contributed by atoms with Crippen molar-refractivity contribution in [1.82, 2.24) is 5.32 Å². The molecule has 5 nitrogen and oxygen atoms in total. The van der Waals surface area contributed by atoms with Crippen molar-refractivity contribution in [2.45, 2.75) is 32.2 Å². The number of rotatable bonds is 9. The van der Waals surface area contributed by atoms with E-state index in [-0.39, 0.29) is 11.4 Å². The Morgan fingerprint density at radius 1 is 1.24 bits per heavy atom. The fraction of sp³-hybridized carbons (Fsp3) is 0.562. The normalized spacial score (nSPS) is 11.2. The third-order valence-electron chi connectivity index (χ3n) is 3.69. The van der Waals surface area contributed by atoms with Crippen LogP contribution in [-0.4, -0.2) is 38.3 Å². The molecule has 0 saturated carbocycles. The number of carbonyl (C=O) groups is 1. The fourth-order valence-corrected chi connectivity index (χ4v) is 1.87. The van der Waals surface area contributed by atoms with Crippen LogP contribution in [0.15, 0.2) is 24.3 Å². The monoisotopic (exact) mass is 294 g/mol. The first kappa shape index (κ1) is 17.5. The van der Waals surface area contributed by atoms with Crippen molar-refractivity contribution >= 4 is 5.91 Å². The zero-order valence-electron chi connectivity index (χ0n) is 13.1. The van der Waals surface area contributed by atoms with E-state index in [9.17, 15) is 4.79 Å². The summed E-state index contributed by atoms with van der Waals surface area (Å²) in [5.41, 5.74) is 6.35. The molecule has 0 fully saturated rings. The van der Waals surface area contributed by atoms with E-state index in [0.717, 1.165) is 12.8 Å². The molecule has 0 unspecified atom stereocenters. The van der Waals surface area contributed by atoms with Gasteiger partial charge in [0, 0.05) is 19.2 Å². The van der Waals surface area contributed by atoms with E-state index in [2.05, 4.69) is 5.32 Å². The van der Waals surface area contributed by atoms with Crippen LogP contribution >= 0.6 is 0 Å². The lowest BCUT2D eigenvalue weighted by Crippen LogP contribution is -2.49. The molecule has 0 aliphatic carbocycles. The highest BCUT2D eigenvalue weighted by atomic mass is 16.5. The molecule has 0 radical (unpaired) electrons. The molecule has 21 heavy (non-hydrogen) atoms. The molecule has 0 saturated heterocycles. The number of nitrogens with two attached hydrogens (primary N) is 1. The van der Waals surface area contributed by atoms with Crippen molar-refractivity contribution in [2.24, 2.45) is 5.73 Å². The number of methoxy groups -OCH3 is 1. The summed E-state index contributed by atoms with van der Waals surface area (Å²) in [7, 11) is 1.61. The molecule has 1 aromatic rings. The second-order valence-electron chi connectivity index (χ2n) is 5.09. The first-order valence-electron chi connectivity index (χ1n) is 7.34. The smallest absolute Gasteiger partial charge is 0.255 e. The Balaban J connectivity index is 2.69. The number of carbonyl (C=O) groups excluding carboxylic acids is 1. The molecule has 1 aromatic carbocycles. The van der Waals surface area contributed by atoms with Crippen molar-refractivity contribution < 1.29 is 14.3 Å². The van der Waals surface area contributed by atoms with Crippen molar-refractivity contribution in [2.75, 3.05) is 26.9 Å². The predicted octanol–water partition coefficient (Wildman–Crippen LogP) is 1.96. The lowest BCUT2D eigenvalue weighted by Gasteiger charge is -2.27. The van der Waals surface area contributed by atoms with Crippen molar-refractivity contribution in [3.8, 4) is 5.75 Å². The second kappa shape index (κ2) is 8.64. The first-order valence-corrected chi connectivity index (χ1v) is 7.34. The van der Waals surface area contributed by atoms with Gasteiger partial charge in [0.15, 0.2) is 0 Å². The van der Waals surface area contributed by atoms with E-state index in [1.807, 2.05) is 26.0 Å². The van der Waals surface area contributed by atoms with E-state index in [1.165, 1.54) is 0 Å². The van der Waals surface area contributed by atoms with Gasteiger partial charge in [0.25, 0.3) is 5.91 Å². The predicted molar refractivity (Wildman–Crippen MR) is 83.6 cm³/mol. The van der Waals surface area contributed by atoms with Crippen molar-refractivity contribution in [3.05, 3.63) is 29.8 Å². The van der Waals surface area contributed by atoms with Gasteiger partial charge in [-0.15, -0.1) is 0 Å². The maximum Gasteiger partial charge on any atom is 0.255 e. The van der Waals surface area contributed by atoms with Crippen LogP contribution in [0.5, 0.6) is 5.75 Å². The second-order valence-corrected chi connectivity index (χ2v) is 5.09. The van der Waals surface area contributed by atoms with Crippen LogP contribution in [0.25, 0.3) is 0 Å².